The number of esters is 1. The van der Waals surface area contributed by atoms with Crippen molar-refractivity contribution in [2.24, 2.45) is 0 Å². The molecular formula is C28H32O9. The van der Waals surface area contributed by atoms with Crippen molar-refractivity contribution in [2.75, 3.05) is 0 Å². The Morgan fingerprint density at radius 1 is 0.811 bits per heavy atom. The SMILES string of the molecule is CCCCCC(=O)Cc1cc(O)cc2c1C(=O)Oc1cc(O)c(C(=O)O)c(CC(=O)CCCCC)c1O2. The van der Waals surface area contributed by atoms with E-state index < -0.39 is 23.3 Å². The highest BCUT2D eigenvalue weighted by atomic mass is 16.6. The summed E-state index contributed by atoms with van der Waals surface area (Å²) >= 11 is 0. The fraction of sp³-hybridized carbons (Fsp3) is 0.429. The normalized spacial score (nSPS) is 12.1. The average Bonchev–Trinajstić information content (AvgIpc) is 2.94. The molecule has 9 nitrogen and oxygen atoms in total. The van der Waals surface area contributed by atoms with Gasteiger partial charge in [0.1, 0.15) is 39.9 Å². The van der Waals surface area contributed by atoms with E-state index in [-0.39, 0.29) is 70.5 Å². The molecule has 9 heteroatoms. The molecule has 0 atom stereocenters. The highest BCUT2D eigenvalue weighted by Crippen LogP contribution is 2.46. The number of carboxylic acid groups (broad SMARTS) is 1. The van der Waals surface area contributed by atoms with Gasteiger partial charge in [-0.3, -0.25) is 9.59 Å². The first-order valence-electron chi connectivity index (χ1n) is 12.6. The van der Waals surface area contributed by atoms with Gasteiger partial charge in [-0.15, -0.1) is 0 Å². The van der Waals surface area contributed by atoms with Gasteiger partial charge in [-0.1, -0.05) is 39.5 Å². The third kappa shape index (κ3) is 6.67. The Labute approximate surface area is 215 Å². The maximum atomic E-state index is 13.1. The lowest BCUT2D eigenvalue weighted by atomic mass is 9.97. The minimum absolute atomic E-state index is 0.0885. The number of carbonyl (C=O) groups is 4. The summed E-state index contributed by atoms with van der Waals surface area (Å²) < 4.78 is 11.4. The summed E-state index contributed by atoms with van der Waals surface area (Å²) in [4.78, 5) is 50.3. The van der Waals surface area contributed by atoms with Crippen molar-refractivity contribution >= 4 is 23.5 Å². The van der Waals surface area contributed by atoms with Crippen LogP contribution in [0.2, 0.25) is 0 Å². The van der Waals surface area contributed by atoms with E-state index >= 15 is 0 Å². The molecule has 0 fully saturated rings. The number of phenolic OH excluding ortho intramolecular Hbond substituents is 1. The quantitative estimate of drug-likeness (QED) is 0.180. The maximum Gasteiger partial charge on any atom is 0.347 e. The molecule has 198 valence electrons. The third-order valence-electron chi connectivity index (χ3n) is 6.20. The minimum atomic E-state index is -1.48. The summed E-state index contributed by atoms with van der Waals surface area (Å²) in [6, 6.07) is 3.40. The Hall–Kier alpha value is -3.88. The summed E-state index contributed by atoms with van der Waals surface area (Å²) in [6.07, 6.45) is 4.92. The number of phenols is 2. The Morgan fingerprint density at radius 2 is 1.43 bits per heavy atom. The minimum Gasteiger partial charge on any atom is -0.508 e. The zero-order valence-corrected chi connectivity index (χ0v) is 21.1. The summed E-state index contributed by atoms with van der Waals surface area (Å²) in [6.45, 7) is 4.01. The molecule has 1 heterocycles. The van der Waals surface area contributed by atoms with Gasteiger partial charge in [-0.2, -0.15) is 0 Å². The lowest BCUT2D eigenvalue weighted by Crippen LogP contribution is -2.13. The lowest BCUT2D eigenvalue weighted by molar-refractivity contribution is -0.119. The van der Waals surface area contributed by atoms with E-state index in [1.165, 1.54) is 6.07 Å². The van der Waals surface area contributed by atoms with E-state index in [4.69, 9.17) is 9.47 Å². The number of aromatic hydroxyl groups is 2. The van der Waals surface area contributed by atoms with Crippen LogP contribution in [0.5, 0.6) is 28.7 Å². The number of ketones is 2. The van der Waals surface area contributed by atoms with Crippen LogP contribution in [0.1, 0.15) is 97.1 Å². The summed E-state index contributed by atoms with van der Waals surface area (Å²) in [5.74, 6) is -4.32. The van der Waals surface area contributed by atoms with E-state index in [1.807, 2.05) is 13.8 Å². The molecule has 0 spiro atoms. The van der Waals surface area contributed by atoms with Crippen LogP contribution in [-0.2, 0) is 22.4 Å². The first-order chi connectivity index (χ1) is 17.7. The number of benzene rings is 2. The van der Waals surface area contributed by atoms with Crippen LogP contribution in [0.15, 0.2) is 18.2 Å². The zero-order valence-electron chi connectivity index (χ0n) is 21.1. The van der Waals surface area contributed by atoms with Crippen molar-refractivity contribution in [3.8, 4) is 28.7 Å². The fourth-order valence-corrected chi connectivity index (χ4v) is 4.37. The molecule has 0 amide bonds. The molecule has 1 aliphatic rings. The zero-order chi connectivity index (χ0) is 27.1. The molecule has 0 unspecified atom stereocenters. The van der Waals surface area contributed by atoms with Gasteiger partial charge in [0.25, 0.3) is 0 Å². The van der Waals surface area contributed by atoms with Gasteiger partial charge in [0, 0.05) is 43.4 Å². The molecule has 0 saturated carbocycles. The van der Waals surface area contributed by atoms with Crippen LogP contribution < -0.4 is 9.47 Å². The Balaban J connectivity index is 2.06. The molecule has 37 heavy (non-hydrogen) atoms. The van der Waals surface area contributed by atoms with Gasteiger partial charge in [0.2, 0.25) is 0 Å². The van der Waals surface area contributed by atoms with Gasteiger partial charge in [0.15, 0.2) is 11.5 Å². The van der Waals surface area contributed by atoms with E-state index in [9.17, 15) is 34.5 Å². The molecule has 0 aromatic heterocycles. The molecule has 0 radical (unpaired) electrons. The molecular weight excluding hydrogens is 480 g/mol. The molecule has 3 rings (SSSR count). The third-order valence-corrected chi connectivity index (χ3v) is 6.20. The van der Waals surface area contributed by atoms with Crippen LogP contribution in [-0.4, -0.2) is 38.8 Å². The number of fused-ring (bicyclic) bond motifs is 2. The number of rotatable bonds is 13. The van der Waals surface area contributed by atoms with Gasteiger partial charge in [-0.05, 0) is 24.5 Å². The molecule has 1 aliphatic heterocycles. The van der Waals surface area contributed by atoms with Gasteiger partial charge in [-0.25, -0.2) is 9.59 Å². The number of hydrogen-bond acceptors (Lipinski definition) is 8. The van der Waals surface area contributed by atoms with E-state index in [0.29, 0.717) is 19.3 Å². The highest BCUT2D eigenvalue weighted by Gasteiger charge is 2.33. The fourth-order valence-electron chi connectivity index (χ4n) is 4.37. The molecule has 2 aromatic carbocycles. The second-order valence-electron chi connectivity index (χ2n) is 9.20. The number of carbonyl (C=O) groups excluding carboxylic acids is 3. The maximum absolute atomic E-state index is 13.1. The number of ether oxygens (including phenoxy) is 2. The van der Waals surface area contributed by atoms with Crippen LogP contribution in [0.25, 0.3) is 0 Å². The molecule has 2 aromatic rings. The van der Waals surface area contributed by atoms with Crippen molar-refractivity contribution in [2.45, 2.75) is 78.1 Å². The number of hydrogen-bond donors (Lipinski definition) is 3. The van der Waals surface area contributed by atoms with E-state index in [2.05, 4.69) is 0 Å². The van der Waals surface area contributed by atoms with Crippen molar-refractivity contribution < 1.29 is 44.0 Å². The predicted molar refractivity (Wildman–Crippen MR) is 134 cm³/mol. The van der Waals surface area contributed by atoms with Crippen molar-refractivity contribution in [1.29, 1.82) is 0 Å². The first kappa shape index (κ1) is 27.7. The van der Waals surface area contributed by atoms with Crippen LogP contribution in [0, 0.1) is 0 Å². The molecule has 0 bridgehead atoms. The number of unbranched alkanes of at least 4 members (excludes halogenated alkanes) is 4. The van der Waals surface area contributed by atoms with Crippen molar-refractivity contribution in [3.63, 3.8) is 0 Å². The monoisotopic (exact) mass is 512 g/mol. The Morgan fingerprint density at radius 3 is 2.03 bits per heavy atom. The lowest BCUT2D eigenvalue weighted by Gasteiger charge is -2.16. The standard InChI is InChI=1S/C28H32O9/c1-3-5-7-9-17(29)11-16-12-19(31)14-22-24(16)28(35)37-23-15-21(32)25(27(33)34)20(26(23)36-22)13-18(30)10-8-6-4-2/h12,14-15,31-32H,3-11,13H2,1-2H3,(H,33,34). The molecule has 3 N–H and O–H groups in total. The van der Waals surface area contributed by atoms with Crippen LogP contribution in [0.4, 0.5) is 0 Å². The van der Waals surface area contributed by atoms with Gasteiger partial charge < -0.3 is 24.8 Å². The highest BCUT2D eigenvalue weighted by molar-refractivity contribution is 6.01. The molecule has 0 saturated heterocycles. The van der Waals surface area contributed by atoms with E-state index in [0.717, 1.165) is 37.8 Å². The second kappa shape index (κ2) is 12.4. The Bertz CT molecular complexity index is 1210. The number of carboxylic acids is 1. The first-order valence-corrected chi connectivity index (χ1v) is 12.6. The topological polar surface area (TPSA) is 147 Å². The predicted octanol–water partition coefficient (Wildman–Crippen LogP) is 5.50. The number of aromatic carboxylic acids is 1. The van der Waals surface area contributed by atoms with E-state index in [1.54, 1.807) is 0 Å². The van der Waals surface area contributed by atoms with Crippen LogP contribution >= 0.6 is 0 Å². The van der Waals surface area contributed by atoms with Gasteiger partial charge >= 0.3 is 11.9 Å². The van der Waals surface area contributed by atoms with Crippen LogP contribution in [0.3, 0.4) is 0 Å². The number of Topliss-reactive ketones (excluding diaryl/α,β-unsaturated/α-hetero) is 2. The molecule has 0 aliphatic carbocycles. The summed E-state index contributed by atoms with van der Waals surface area (Å²) in [5.41, 5.74) is -0.553. The average molecular weight is 513 g/mol. The largest absolute Gasteiger partial charge is 0.508 e. The summed E-state index contributed by atoms with van der Waals surface area (Å²) in [7, 11) is 0. The Kier molecular flexibility index (Phi) is 9.27. The summed E-state index contributed by atoms with van der Waals surface area (Å²) in [5, 5.41) is 30.5. The second-order valence-corrected chi connectivity index (χ2v) is 9.20. The van der Waals surface area contributed by atoms with Gasteiger partial charge in [0.05, 0.1) is 0 Å². The van der Waals surface area contributed by atoms with Crippen molar-refractivity contribution in [1.82, 2.24) is 0 Å². The smallest absolute Gasteiger partial charge is 0.347 e. The van der Waals surface area contributed by atoms with Crippen molar-refractivity contribution in [3.05, 3.63) is 40.5 Å².